The summed E-state index contributed by atoms with van der Waals surface area (Å²) < 4.78 is 14.9. The van der Waals surface area contributed by atoms with Crippen molar-refractivity contribution in [3.8, 4) is 0 Å². The van der Waals surface area contributed by atoms with E-state index >= 15 is 0 Å². The first-order valence-corrected chi connectivity index (χ1v) is 8.45. The van der Waals surface area contributed by atoms with E-state index in [0.717, 1.165) is 0 Å². The number of ketones is 2. The van der Waals surface area contributed by atoms with Crippen molar-refractivity contribution < 1.29 is 49.3 Å². The van der Waals surface area contributed by atoms with Crippen molar-refractivity contribution >= 4 is 11.6 Å². The number of hydrogen-bond acceptors (Lipinski definition) is 10. The van der Waals surface area contributed by atoms with Gasteiger partial charge in [-0.25, -0.2) is 0 Å². The highest BCUT2D eigenvalue weighted by atomic mass is 16.7. The van der Waals surface area contributed by atoms with E-state index in [1.165, 1.54) is 6.92 Å². The van der Waals surface area contributed by atoms with E-state index in [9.17, 15) is 35.1 Å². The molecule has 5 N–H and O–H groups in total. The number of ether oxygens (including phenoxy) is 3. The molecule has 0 bridgehead atoms. The van der Waals surface area contributed by atoms with Crippen LogP contribution in [0.4, 0.5) is 0 Å². The molecule has 0 aromatic carbocycles. The zero-order chi connectivity index (χ0) is 19.9. The third-order valence-electron chi connectivity index (χ3n) is 5.42. The predicted octanol–water partition coefficient (Wildman–Crippen LogP) is -2.88. The molecule has 2 aliphatic rings. The Bertz CT molecular complexity index is 567. The molecule has 1 saturated carbocycles. The normalized spacial score (nSPS) is 44.9. The van der Waals surface area contributed by atoms with E-state index in [1.54, 1.807) is 13.8 Å². The van der Waals surface area contributed by atoms with Gasteiger partial charge in [0, 0.05) is 19.1 Å². The van der Waals surface area contributed by atoms with Crippen LogP contribution in [0.1, 0.15) is 20.8 Å². The van der Waals surface area contributed by atoms with Gasteiger partial charge in [0.15, 0.2) is 23.5 Å². The van der Waals surface area contributed by atoms with Crippen LogP contribution < -0.4 is 0 Å². The molecule has 0 amide bonds. The predicted molar refractivity (Wildman–Crippen MR) is 83.9 cm³/mol. The maximum absolute atomic E-state index is 12.7. The second-order valence-electron chi connectivity index (χ2n) is 6.61. The van der Waals surface area contributed by atoms with Crippen molar-refractivity contribution in [3.63, 3.8) is 0 Å². The molecule has 0 aromatic rings. The Kier molecular flexibility index (Phi) is 5.91. The van der Waals surface area contributed by atoms with Gasteiger partial charge in [0.25, 0.3) is 0 Å². The van der Waals surface area contributed by atoms with Crippen molar-refractivity contribution in [1.82, 2.24) is 0 Å². The van der Waals surface area contributed by atoms with Crippen LogP contribution in [-0.4, -0.2) is 98.8 Å². The van der Waals surface area contributed by atoms with Crippen LogP contribution in [0.3, 0.4) is 0 Å². The second-order valence-corrected chi connectivity index (χ2v) is 6.61. The highest BCUT2D eigenvalue weighted by Gasteiger charge is 2.84. The molecule has 1 aliphatic carbocycles. The number of fused-ring (bicyclic) bond motifs is 1. The molecule has 26 heavy (non-hydrogen) atoms. The second kappa shape index (κ2) is 7.21. The molecular formula is C16H26O10. The summed E-state index contributed by atoms with van der Waals surface area (Å²) in [6.07, 6.45) is -5.28. The zero-order valence-corrected chi connectivity index (χ0v) is 14.9. The molecule has 10 nitrogen and oxygen atoms in total. The molecule has 10 heteroatoms. The van der Waals surface area contributed by atoms with Gasteiger partial charge in [-0.3, -0.25) is 9.59 Å². The molecule has 2 unspecified atom stereocenters. The number of carbonyl (C=O) groups excluding carboxylic acids is 2. The summed E-state index contributed by atoms with van der Waals surface area (Å²) in [4.78, 5) is 25.3. The largest absolute Gasteiger partial charge is 0.390 e. The van der Waals surface area contributed by atoms with Gasteiger partial charge < -0.3 is 39.7 Å². The first-order chi connectivity index (χ1) is 12.0. The van der Waals surface area contributed by atoms with E-state index in [-0.39, 0.29) is 13.2 Å². The Morgan fingerprint density at radius 2 is 1.50 bits per heavy atom. The number of aliphatic hydroxyl groups is 5. The van der Waals surface area contributed by atoms with Gasteiger partial charge in [-0.05, 0) is 13.8 Å². The number of carbonyl (C=O) groups is 2. The molecular weight excluding hydrogens is 352 g/mol. The van der Waals surface area contributed by atoms with Crippen LogP contribution in [0.15, 0.2) is 0 Å². The van der Waals surface area contributed by atoms with E-state index in [1.807, 2.05) is 0 Å². The summed E-state index contributed by atoms with van der Waals surface area (Å²) in [5.74, 6) is -3.61. The number of aliphatic hydroxyl groups excluding tert-OH is 2. The topological polar surface area (TPSA) is 163 Å². The standard InChI is InChI=1S/C16H26O10/c1-4-24-6-9(17)15(22)13(20)26-12-11(19)8(3)14(12,21)16(15,23)10(18)7-25-5-2/h8,11-13,19-23H,4-7H2,1-3H3/t8?,11?,12-,13-,14-,15+,16+/m1/s1. The Labute approximate surface area is 150 Å². The minimum atomic E-state index is -3.21. The highest BCUT2D eigenvalue weighted by Crippen LogP contribution is 2.56. The van der Waals surface area contributed by atoms with Crippen molar-refractivity contribution in [2.24, 2.45) is 5.92 Å². The fourth-order valence-corrected chi connectivity index (χ4v) is 3.74. The SMILES string of the molecule is CCOCC(=O)[C@]1(O)[C@@]2(O)C(C)C(O)[C@H]2O[C@@H](O)[C@@]1(O)C(=O)COCC. The summed E-state index contributed by atoms with van der Waals surface area (Å²) in [6, 6.07) is 0. The molecule has 1 heterocycles. The van der Waals surface area contributed by atoms with Gasteiger partial charge in [0.05, 0.1) is 6.10 Å². The summed E-state index contributed by atoms with van der Waals surface area (Å²) in [5.41, 5.74) is -8.91. The molecule has 0 aromatic heterocycles. The first-order valence-electron chi connectivity index (χ1n) is 8.45. The smallest absolute Gasteiger partial charge is 0.215 e. The lowest BCUT2D eigenvalue weighted by molar-refractivity contribution is -0.429. The van der Waals surface area contributed by atoms with E-state index in [4.69, 9.17) is 14.2 Å². The molecule has 0 spiro atoms. The molecule has 0 radical (unpaired) electrons. The third kappa shape index (κ3) is 2.49. The Balaban J connectivity index is 2.57. The van der Waals surface area contributed by atoms with Gasteiger partial charge >= 0.3 is 0 Å². The van der Waals surface area contributed by atoms with Crippen LogP contribution in [0.2, 0.25) is 0 Å². The summed E-state index contributed by atoms with van der Waals surface area (Å²) in [6.45, 7) is 3.17. The van der Waals surface area contributed by atoms with Crippen LogP contribution in [0, 0.1) is 5.92 Å². The fraction of sp³-hybridized carbons (Fsp3) is 0.875. The number of rotatable bonds is 8. The van der Waals surface area contributed by atoms with Crippen LogP contribution in [0.25, 0.3) is 0 Å². The first kappa shape index (κ1) is 21.3. The van der Waals surface area contributed by atoms with E-state index in [2.05, 4.69) is 0 Å². The minimum absolute atomic E-state index is 0.0894. The summed E-state index contributed by atoms with van der Waals surface area (Å²) in [5, 5.41) is 53.4. The number of Topliss-reactive ketones (excluding diaryl/α,β-unsaturated/α-hetero) is 2. The number of hydrogen-bond donors (Lipinski definition) is 5. The summed E-state index contributed by atoms with van der Waals surface area (Å²) >= 11 is 0. The van der Waals surface area contributed by atoms with Gasteiger partial charge in [-0.1, -0.05) is 6.92 Å². The van der Waals surface area contributed by atoms with Crippen LogP contribution in [0.5, 0.6) is 0 Å². The molecule has 2 fully saturated rings. The molecule has 2 rings (SSSR count). The average Bonchev–Trinajstić information content (AvgIpc) is 2.64. The third-order valence-corrected chi connectivity index (χ3v) is 5.42. The van der Waals surface area contributed by atoms with E-state index < -0.39 is 66.0 Å². The minimum Gasteiger partial charge on any atom is -0.390 e. The van der Waals surface area contributed by atoms with Crippen molar-refractivity contribution in [2.45, 2.75) is 56.1 Å². The Morgan fingerprint density at radius 3 is 2.00 bits per heavy atom. The Hall–Kier alpha value is -0.980. The molecule has 7 atom stereocenters. The van der Waals surface area contributed by atoms with Crippen molar-refractivity contribution in [3.05, 3.63) is 0 Å². The zero-order valence-electron chi connectivity index (χ0n) is 14.9. The quantitative estimate of drug-likeness (QED) is 0.296. The lowest BCUT2D eigenvalue weighted by Gasteiger charge is -2.67. The van der Waals surface area contributed by atoms with Crippen molar-refractivity contribution in [1.29, 1.82) is 0 Å². The maximum atomic E-state index is 12.7. The van der Waals surface area contributed by atoms with Gasteiger partial charge in [0.1, 0.15) is 24.9 Å². The summed E-state index contributed by atoms with van der Waals surface area (Å²) in [7, 11) is 0. The molecule has 1 saturated heterocycles. The monoisotopic (exact) mass is 378 g/mol. The van der Waals surface area contributed by atoms with E-state index in [0.29, 0.717) is 0 Å². The highest BCUT2D eigenvalue weighted by molar-refractivity contribution is 6.02. The Morgan fingerprint density at radius 1 is 1.00 bits per heavy atom. The van der Waals surface area contributed by atoms with Crippen LogP contribution in [-0.2, 0) is 23.8 Å². The lowest BCUT2D eigenvalue weighted by atomic mass is 9.49. The molecule has 1 aliphatic heterocycles. The lowest BCUT2D eigenvalue weighted by Crippen LogP contribution is -2.92. The van der Waals surface area contributed by atoms with Crippen LogP contribution >= 0.6 is 0 Å². The van der Waals surface area contributed by atoms with Crippen molar-refractivity contribution in [2.75, 3.05) is 26.4 Å². The average molecular weight is 378 g/mol. The van der Waals surface area contributed by atoms with Gasteiger partial charge in [-0.2, -0.15) is 0 Å². The fourth-order valence-electron chi connectivity index (χ4n) is 3.74. The molecule has 150 valence electrons. The van der Waals surface area contributed by atoms with Gasteiger partial charge in [0.2, 0.25) is 5.60 Å². The van der Waals surface area contributed by atoms with Gasteiger partial charge in [-0.15, -0.1) is 0 Å². The maximum Gasteiger partial charge on any atom is 0.215 e.